The van der Waals surface area contributed by atoms with Crippen LogP contribution in [0.2, 0.25) is 0 Å². The lowest BCUT2D eigenvalue weighted by molar-refractivity contribution is -0.148. The van der Waals surface area contributed by atoms with Crippen molar-refractivity contribution in [3.63, 3.8) is 0 Å². The van der Waals surface area contributed by atoms with Crippen LogP contribution in [0.3, 0.4) is 0 Å². The number of hydrogen-bond donors (Lipinski definition) is 2. The Morgan fingerprint density at radius 3 is 2.40 bits per heavy atom. The first-order valence-electron chi connectivity index (χ1n) is 6.32. The number of hydrogen-bond acceptors (Lipinski definition) is 4. The number of halogens is 1. The van der Waals surface area contributed by atoms with Gasteiger partial charge in [0.25, 0.3) is 0 Å². The largest absolute Gasteiger partial charge is 0.464 e. The van der Waals surface area contributed by atoms with E-state index in [1.807, 2.05) is 6.07 Å². The third kappa shape index (κ3) is 5.19. The highest BCUT2D eigenvalue weighted by Gasteiger charge is 2.25. The molecule has 6 heteroatoms. The van der Waals surface area contributed by atoms with E-state index in [9.17, 15) is 9.59 Å². The van der Waals surface area contributed by atoms with Gasteiger partial charge in [0.15, 0.2) is 6.04 Å². The predicted molar refractivity (Wildman–Crippen MR) is 79.4 cm³/mol. The molecule has 0 bridgehead atoms. The van der Waals surface area contributed by atoms with E-state index in [0.717, 1.165) is 0 Å². The predicted octanol–water partition coefficient (Wildman–Crippen LogP) is 1.42. The number of carbonyl (C=O) groups excluding carboxylic acids is 2. The van der Waals surface area contributed by atoms with Crippen LogP contribution in [0.4, 0.5) is 0 Å². The van der Waals surface area contributed by atoms with Gasteiger partial charge in [0.2, 0.25) is 5.91 Å². The van der Waals surface area contributed by atoms with Crippen molar-refractivity contribution in [2.75, 3.05) is 13.2 Å². The number of amides is 1. The van der Waals surface area contributed by atoms with Crippen LogP contribution in [0.25, 0.3) is 0 Å². The Hall–Kier alpha value is -1.59. The fourth-order valence-electron chi connectivity index (χ4n) is 1.54. The minimum absolute atomic E-state index is 0. The van der Waals surface area contributed by atoms with Crippen molar-refractivity contribution in [2.45, 2.75) is 19.9 Å². The Bertz CT molecular complexity index is 426. The summed E-state index contributed by atoms with van der Waals surface area (Å²) < 4.78 is 4.99. The Morgan fingerprint density at radius 2 is 1.90 bits per heavy atom. The third-order valence-corrected chi connectivity index (χ3v) is 2.74. The van der Waals surface area contributed by atoms with E-state index in [0.29, 0.717) is 5.56 Å². The molecule has 1 aromatic carbocycles. The fraction of sp³-hybridized carbons (Fsp3) is 0.429. The summed E-state index contributed by atoms with van der Waals surface area (Å²) >= 11 is 0. The van der Waals surface area contributed by atoms with Gasteiger partial charge in [-0.3, -0.25) is 4.79 Å². The van der Waals surface area contributed by atoms with Gasteiger partial charge >= 0.3 is 5.97 Å². The Kier molecular flexibility index (Phi) is 8.59. The van der Waals surface area contributed by atoms with Crippen molar-refractivity contribution in [1.29, 1.82) is 0 Å². The minimum atomic E-state index is -0.789. The summed E-state index contributed by atoms with van der Waals surface area (Å²) in [6.07, 6.45) is 0. The Balaban J connectivity index is 0.00000361. The quantitative estimate of drug-likeness (QED) is 0.779. The zero-order valence-electron chi connectivity index (χ0n) is 11.7. The molecule has 2 atom stereocenters. The Morgan fingerprint density at radius 1 is 1.30 bits per heavy atom. The van der Waals surface area contributed by atoms with Gasteiger partial charge in [-0.15, -0.1) is 12.4 Å². The summed E-state index contributed by atoms with van der Waals surface area (Å²) in [7, 11) is 0. The number of carbonyl (C=O) groups is 2. The summed E-state index contributed by atoms with van der Waals surface area (Å²) in [5.41, 5.74) is 6.14. The normalized spacial score (nSPS) is 12.8. The van der Waals surface area contributed by atoms with E-state index < -0.39 is 12.0 Å². The highest BCUT2D eigenvalue weighted by Crippen LogP contribution is 2.15. The van der Waals surface area contributed by atoms with Crippen LogP contribution in [-0.4, -0.2) is 25.0 Å². The third-order valence-electron chi connectivity index (χ3n) is 2.74. The summed E-state index contributed by atoms with van der Waals surface area (Å²) in [6, 6.07) is 8.21. The molecule has 0 aromatic heterocycles. The van der Waals surface area contributed by atoms with Gasteiger partial charge in [-0.2, -0.15) is 0 Å². The van der Waals surface area contributed by atoms with Crippen LogP contribution < -0.4 is 11.1 Å². The maximum absolute atomic E-state index is 11.9. The van der Waals surface area contributed by atoms with E-state index in [1.54, 1.807) is 38.1 Å². The van der Waals surface area contributed by atoms with Crippen LogP contribution in [-0.2, 0) is 14.3 Å². The molecule has 0 heterocycles. The highest BCUT2D eigenvalue weighted by atomic mass is 35.5. The van der Waals surface area contributed by atoms with Crippen LogP contribution in [0.5, 0.6) is 0 Å². The SMILES string of the molecule is CCOC(=O)[C@H](NC(=O)C(C)CN)c1ccccc1.Cl. The minimum Gasteiger partial charge on any atom is -0.464 e. The molecule has 0 radical (unpaired) electrons. The van der Waals surface area contributed by atoms with Crippen LogP contribution >= 0.6 is 12.4 Å². The van der Waals surface area contributed by atoms with Gasteiger partial charge in [-0.1, -0.05) is 37.3 Å². The molecular weight excluding hydrogens is 280 g/mol. The van der Waals surface area contributed by atoms with E-state index in [1.165, 1.54) is 0 Å². The molecule has 1 aromatic rings. The molecule has 0 saturated heterocycles. The van der Waals surface area contributed by atoms with Gasteiger partial charge < -0.3 is 15.8 Å². The first kappa shape index (κ1) is 18.4. The molecule has 0 aliphatic carbocycles. The molecule has 3 N–H and O–H groups in total. The molecule has 112 valence electrons. The van der Waals surface area contributed by atoms with Crippen LogP contribution in [0, 0.1) is 5.92 Å². The number of ether oxygens (including phenoxy) is 1. The van der Waals surface area contributed by atoms with Crippen molar-refractivity contribution >= 4 is 24.3 Å². The van der Waals surface area contributed by atoms with Gasteiger partial charge in [0.1, 0.15) is 0 Å². The van der Waals surface area contributed by atoms with Gasteiger partial charge in [-0.25, -0.2) is 4.79 Å². The lowest BCUT2D eigenvalue weighted by atomic mass is 10.1. The highest BCUT2D eigenvalue weighted by molar-refractivity contribution is 5.86. The van der Waals surface area contributed by atoms with E-state index in [4.69, 9.17) is 10.5 Å². The summed E-state index contributed by atoms with van der Waals surface area (Å²) in [4.78, 5) is 23.8. The van der Waals surface area contributed by atoms with E-state index >= 15 is 0 Å². The summed E-state index contributed by atoms with van der Waals surface area (Å²) in [5.74, 6) is -1.07. The first-order valence-corrected chi connectivity index (χ1v) is 6.32. The smallest absolute Gasteiger partial charge is 0.333 e. The number of rotatable bonds is 6. The maximum Gasteiger partial charge on any atom is 0.333 e. The molecule has 0 fully saturated rings. The van der Waals surface area contributed by atoms with Crippen molar-refractivity contribution in [3.05, 3.63) is 35.9 Å². The zero-order valence-corrected chi connectivity index (χ0v) is 12.5. The molecule has 5 nitrogen and oxygen atoms in total. The first-order chi connectivity index (χ1) is 9.10. The number of esters is 1. The average Bonchev–Trinajstić information content (AvgIpc) is 2.44. The van der Waals surface area contributed by atoms with Crippen molar-refractivity contribution in [1.82, 2.24) is 5.32 Å². The number of benzene rings is 1. The molecule has 0 aliphatic heterocycles. The molecule has 20 heavy (non-hydrogen) atoms. The standard InChI is InChI=1S/C14H20N2O3.ClH/c1-3-19-14(18)12(11-7-5-4-6-8-11)16-13(17)10(2)9-15;/h4-8,10,12H,3,9,15H2,1-2H3,(H,16,17);1H/t10?,12-;/m1./s1. The fourth-order valence-corrected chi connectivity index (χ4v) is 1.54. The second kappa shape index (κ2) is 9.34. The summed E-state index contributed by atoms with van der Waals surface area (Å²) in [6.45, 7) is 3.94. The summed E-state index contributed by atoms with van der Waals surface area (Å²) in [5, 5.41) is 2.68. The Labute approximate surface area is 125 Å². The number of nitrogens with two attached hydrogens (primary N) is 1. The zero-order chi connectivity index (χ0) is 14.3. The molecular formula is C14H21ClN2O3. The average molecular weight is 301 g/mol. The van der Waals surface area contributed by atoms with Gasteiger partial charge in [0.05, 0.1) is 6.61 Å². The molecule has 0 spiro atoms. The van der Waals surface area contributed by atoms with Crippen molar-refractivity contribution < 1.29 is 14.3 Å². The van der Waals surface area contributed by atoms with Crippen molar-refractivity contribution in [3.8, 4) is 0 Å². The molecule has 0 aliphatic rings. The van der Waals surface area contributed by atoms with Crippen LogP contribution in [0.1, 0.15) is 25.5 Å². The number of nitrogens with one attached hydrogen (secondary N) is 1. The van der Waals surface area contributed by atoms with E-state index in [-0.39, 0.29) is 37.4 Å². The second-order valence-corrected chi connectivity index (χ2v) is 4.24. The molecule has 0 saturated carbocycles. The maximum atomic E-state index is 11.9. The second-order valence-electron chi connectivity index (χ2n) is 4.24. The van der Waals surface area contributed by atoms with Crippen LogP contribution in [0.15, 0.2) is 30.3 Å². The topological polar surface area (TPSA) is 81.4 Å². The van der Waals surface area contributed by atoms with Gasteiger partial charge in [0, 0.05) is 12.5 Å². The molecule has 1 amide bonds. The molecule has 1 rings (SSSR count). The van der Waals surface area contributed by atoms with Crippen molar-refractivity contribution in [2.24, 2.45) is 11.7 Å². The lowest BCUT2D eigenvalue weighted by Gasteiger charge is -2.19. The van der Waals surface area contributed by atoms with Gasteiger partial charge in [-0.05, 0) is 12.5 Å². The van der Waals surface area contributed by atoms with E-state index in [2.05, 4.69) is 5.32 Å². The lowest BCUT2D eigenvalue weighted by Crippen LogP contribution is -2.39. The monoisotopic (exact) mass is 300 g/mol. The molecule has 1 unspecified atom stereocenters.